The third-order valence-electron chi connectivity index (χ3n) is 2.66. The van der Waals surface area contributed by atoms with Gasteiger partial charge < -0.3 is 15.8 Å². The molecule has 2 aromatic rings. The summed E-state index contributed by atoms with van der Waals surface area (Å²) in [5, 5.41) is 3.40. The van der Waals surface area contributed by atoms with Crippen LogP contribution < -0.4 is 15.8 Å². The van der Waals surface area contributed by atoms with Crippen LogP contribution in [0.1, 0.15) is 5.56 Å². The maximum Gasteiger partial charge on any atom is 0.258 e. The molecule has 0 saturated carbocycles. The highest BCUT2D eigenvalue weighted by Gasteiger charge is 2.04. The number of nitrogen functional groups attached to an aromatic ring is 1. The molecule has 104 valence electrons. The van der Waals surface area contributed by atoms with E-state index in [1.807, 2.05) is 12.1 Å². The molecule has 2 aromatic carbocycles. The van der Waals surface area contributed by atoms with Crippen molar-refractivity contribution in [3.8, 4) is 5.75 Å². The van der Waals surface area contributed by atoms with Crippen molar-refractivity contribution in [1.82, 2.24) is 5.32 Å². The predicted molar refractivity (Wildman–Crippen MR) is 79.6 cm³/mol. The highest BCUT2D eigenvalue weighted by Crippen LogP contribution is 2.19. The fraction of sp³-hybridized carbons (Fsp3) is 0.133. The van der Waals surface area contributed by atoms with E-state index in [4.69, 9.17) is 22.1 Å². The number of halogens is 1. The van der Waals surface area contributed by atoms with E-state index in [2.05, 4.69) is 5.32 Å². The van der Waals surface area contributed by atoms with E-state index in [0.717, 1.165) is 5.56 Å². The van der Waals surface area contributed by atoms with Crippen LogP contribution in [0.25, 0.3) is 0 Å². The van der Waals surface area contributed by atoms with Gasteiger partial charge in [0.2, 0.25) is 0 Å². The number of carbonyl (C=O) groups is 1. The Hall–Kier alpha value is -2.20. The average molecular weight is 291 g/mol. The Balaban J connectivity index is 1.80. The van der Waals surface area contributed by atoms with Gasteiger partial charge in [-0.05, 0) is 29.8 Å². The van der Waals surface area contributed by atoms with Gasteiger partial charge in [-0.2, -0.15) is 0 Å². The van der Waals surface area contributed by atoms with E-state index in [1.54, 1.807) is 36.4 Å². The minimum Gasteiger partial charge on any atom is -0.482 e. The molecule has 0 aliphatic carbocycles. The lowest BCUT2D eigenvalue weighted by molar-refractivity contribution is -0.123. The number of rotatable bonds is 5. The smallest absolute Gasteiger partial charge is 0.258 e. The van der Waals surface area contributed by atoms with Gasteiger partial charge in [0, 0.05) is 11.6 Å². The van der Waals surface area contributed by atoms with Crippen LogP contribution in [0.3, 0.4) is 0 Å². The highest BCUT2D eigenvalue weighted by molar-refractivity contribution is 6.30. The number of hydrogen-bond acceptors (Lipinski definition) is 3. The van der Waals surface area contributed by atoms with Gasteiger partial charge in [0.1, 0.15) is 5.75 Å². The minimum absolute atomic E-state index is 0.0746. The Morgan fingerprint density at radius 3 is 2.75 bits per heavy atom. The molecular formula is C15H15ClN2O2. The van der Waals surface area contributed by atoms with Crippen molar-refractivity contribution in [2.24, 2.45) is 0 Å². The first-order valence-electron chi connectivity index (χ1n) is 6.13. The van der Waals surface area contributed by atoms with Gasteiger partial charge in [-0.1, -0.05) is 35.9 Å². The number of nitrogens with one attached hydrogen (secondary N) is 1. The fourth-order valence-corrected chi connectivity index (χ4v) is 1.87. The summed E-state index contributed by atoms with van der Waals surface area (Å²) in [7, 11) is 0. The molecule has 0 saturated heterocycles. The van der Waals surface area contributed by atoms with Crippen LogP contribution in [-0.4, -0.2) is 12.5 Å². The molecule has 2 rings (SSSR count). The lowest BCUT2D eigenvalue weighted by Crippen LogP contribution is -2.28. The number of anilines is 1. The van der Waals surface area contributed by atoms with Crippen LogP contribution in [0, 0.1) is 0 Å². The lowest BCUT2D eigenvalue weighted by Gasteiger charge is -2.09. The molecule has 4 nitrogen and oxygen atoms in total. The van der Waals surface area contributed by atoms with Gasteiger partial charge in [-0.15, -0.1) is 0 Å². The molecule has 0 atom stereocenters. The number of amides is 1. The van der Waals surface area contributed by atoms with Gasteiger partial charge in [0.05, 0.1) is 5.69 Å². The van der Waals surface area contributed by atoms with Gasteiger partial charge >= 0.3 is 0 Å². The van der Waals surface area contributed by atoms with Crippen molar-refractivity contribution in [1.29, 1.82) is 0 Å². The zero-order chi connectivity index (χ0) is 14.4. The highest BCUT2D eigenvalue weighted by atomic mass is 35.5. The summed E-state index contributed by atoms with van der Waals surface area (Å²) in [6.45, 7) is 0.335. The monoisotopic (exact) mass is 290 g/mol. The average Bonchev–Trinajstić information content (AvgIpc) is 2.44. The third kappa shape index (κ3) is 4.17. The molecule has 0 fully saturated rings. The van der Waals surface area contributed by atoms with Gasteiger partial charge in [-0.25, -0.2) is 0 Å². The first-order chi connectivity index (χ1) is 9.65. The molecule has 0 unspecified atom stereocenters. The molecule has 0 aliphatic heterocycles. The Bertz CT molecular complexity index is 602. The normalized spacial score (nSPS) is 10.1. The lowest BCUT2D eigenvalue weighted by atomic mass is 10.2. The second-order valence-corrected chi connectivity index (χ2v) is 4.67. The molecule has 0 aliphatic rings. The summed E-state index contributed by atoms with van der Waals surface area (Å²) in [6, 6.07) is 14.4. The van der Waals surface area contributed by atoms with Crippen molar-refractivity contribution in [2.75, 3.05) is 12.3 Å². The number of hydrogen-bond donors (Lipinski definition) is 2. The van der Waals surface area contributed by atoms with Crippen LogP contribution >= 0.6 is 11.6 Å². The van der Waals surface area contributed by atoms with E-state index in [9.17, 15) is 4.79 Å². The van der Waals surface area contributed by atoms with Crippen LogP contribution in [0.5, 0.6) is 5.75 Å². The van der Waals surface area contributed by atoms with Gasteiger partial charge in [-0.3, -0.25) is 4.79 Å². The zero-order valence-electron chi connectivity index (χ0n) is 10.8. The quantitative estimate of drug-likeness (QED) is 0.832. The molecular weight excluding hydrogens is 276 g/mol. The zero-order valence-corrected chi connectivity index (χ0v) is 11.6. The van der Waals surface area contributed by atoms with E-state index >= 15 is 0 Å². The fourth-order valence-electron chi connectivity index (χ4n) is 1.65. The first kappa shape index (κ1) is 14.2. The summed E-state index contributed by atoms with van der Waals surface area (Å²) in [4.78, 5) is 11.7. The number of para-hydroxylation sites is 2. The molecule has 0 aromatic heterocycles. The number of benzene rings is 2. The standard InChI is InChI=1S/C15H15ClN2O2/c16-12-5-3-4-11(8-12)9-18-15(19)10-20-14-7-2-1-6-13(14)17/h1-8H,9-10,17H2,(H,18,19). The second kappa shape index (κ2) is 6.82. The summed E-state index contributed by atoms with van der Waals surface area (Å²) >= 11 is 5.87. The van der Waals surface area contributed by atoms with Crippen molar-refractivity contribution in [3.63, 3.8) is 0 Å². The summed E-state index contributed by atoms with van der Waals surface area (Å²) in [6.07, 6.45) is 0. The minimum atomic E-state index is -0.215. The Morgan fingerprint density at radius 1 is 1.20 bits per heavy atom. The molecule has 0 bridgehead atoms. The van der Waals surface area contributed by atoms with Crippen LogP contribution in [-0.2, 0) is 11.3 Å². The topological polar surface area (TPSA) is 64.3 Å². The molecule has 3 N–H and O–H groups in total. The number of ether oxygens (including phenoxy) is 1. The maximum absolute atomic E-state index is 11.7. The summed E-state index contributed by atoms with van der Waals surface area (Å²) in [5.41, 5.74) is 7.16. The molecule has 0 radical (unpaired) electrons. The first-order valence-corrected chi connectivity index (χ1v) is 6.51. The van der Waals surface area contributed by atoms with Crippen molar-refractivity contribution >= 4 is 23.2 Å². The van der Waals surface area contributed by atoms with Crippen LogP contribution in [0.2, 0.25) is 5.02 Å². The Labute approximate surface area is 122 Å². The molecule has 20 heavy (non-hydrogen) atoms. The maximum atomic E-state index is 11.7. The predicted octanol–water partition coefficient (Wildman–Crippen LogP) is 2.62. The summed E-state index contributed by atoms with van der Waals surface area (Å²) < 4.78 is 5.35. The van der Waals surface area contributed by atoms with E-state index in [0.29, 0.717) is 23.0 Å². The molecule has 0 spiro atoms. The van der Waals surface area contributed by atoms with Gasteiger partial charge in [0.15, 0.2) is 6.61 Å². The Kier molecular flexibility index (Phi) is 4.85. The van der Waals surface area contributed by atoms with Gasteiger partial charge in [0.25, 0.3) is 5.91 Å². The molecule has 1 amide bonds. The van der Waals surface area contributed by atoms with Crippen molar-refractivity contribution < 1.29 is 9.53 Å². The largest absolute Gasteiger partial charge is 0.482 e. The summed E-state index contributed by atoms with van der Waals surface area (Å²) in [5.74, 6) is 0.290. The third-order valence-corrected chi connectivity index (χ3v) is 2.89. The van der Waals surface area contributed by atoms with Crippen LogP contribution in [0.4, 0.5) is 5.69 Å². The number of nitrogens with two attached hydrogens (primary N) is 1. The van der Waals surface area contributed by atoms with Crippen LogP contribution in [0.15, 0.2) is 48.5 Å². The second-order valence-electron chi connectivity index (χ2n) is 4.23. The van der Waals surface area contributed by atoms with Crippen molar-refractivity contribution in [2.45, 2.75) is 6.54 Å². The van der Waals surface area contributed by atoms with Crippen molar-refractivity contribution in [3.05, 3.63) is 59.1 Å². The molecule has 0 heterocycles. The molecule has 5 heteroatoms. The van der Waals surface area contributed by atoms with E-state index in [-0.39, 0.29) is 12.5 Å². The van der Waals surface area contributed by atoms with E-state index < -0.39 is 0 Å². The van der Waals surface area contributed by atoms with E-state index in [1.165, 1.54) is 0 Å². The number of carbonyl (C=O) groups excluding carboxylic acids is 1. The Morgan fingerprint density at radius 2 is 2.00 bits per heavy atom. The SMILES string of the molecule is Nc1ccccc1OCC(=O)NCc1cccc(Cl)c1.